The minimum atomic E-state index is -0.223. The third kappa shape index (κ3) is 4.11. The molecular formula is C16H31N3O. The van der Waals surface area contributed by atoms with E-state index in [2.05, 4.69) is 5.32 Å². The lowest BCUT2D eigenvalue weighted by atomic mass is 9.78. The van der Waals surface area contributed by atoms with Crippen LogP contribution in [0.2, 0.25) is 0 Å². The van der Waals surface area contributed by atoms with Gasteiger partial charge in [-0.2, -0.15) is 0 Å². The van der Waals surface area contributed by atoms with Gasteiger partial charge >= 0.3 is 6.03 Å². The molecule has 4 heteroatoms. The smallest absolute Gasteiger partial charge is 0.315 e. The second-order valence-electron chi connectivity index (χ2n) is 6.65. The van der Waals surface area contributed by atoms with E-state index in [1.54, 1.807) is 0 Å². The summed E-state index contributed by atoms with van der Waals surface area (Å²) in [4.78, 5) is 13.6. The van der Waals surface area contributed by atoms with Gasteiger partial charge < -0.3 is 16.0 Å². The van der Waals surface area contributed by atoms with Crippen LogP contribution in [0.1, 0.15) is 57.8 Å². The summed E-state index contributed by atoms with van der Waals surface area (Å²) in [7, 11) is 2.02. The molecule has 1 aliphatic carbocycles. The molecule has 1 aliphatic heterocycles. The minimum Gasteiger partial charge on any atom is -0.351 e. The monoisotopic (exact) mass is 281 g/mol. The molecular weight excluding hydrogens is 250 g/mol. The topological polar surface area (TPSA) is 58.4 Å². The Hall–Kier alpha value is -0.770. The van der Waals surface area contributed by atoms with Gasteiger partial charge in [0.2, 0.25) is 0 Å². The number of hydrogen-bond acceptors (Lipinski definition) is 2. The van der Waals surface area contributed by atoms with E-state index in [9.17, 15) is 4.79 Å². The molecule has 0 spiro atoms. The molecule has 3 N–H and O–H groups in total. The van der Waals surface area contributed by atoms with Crippen molar-refractivity contribution in [2.45, 2.75) is 63.8 Å². The number of carbonyl (C=O) groups is 1. The lowest BCUT2D eigenvalue weighted by Crippen LogP contribution is -2.51. The van der Waals surface area contributed by atoms with E-state index in [1.165, 1.54) is 44.9 Å². The molecule has 0 radical (unpaired) electrons. The maximum absolute atomic E-state index is 11.7. The van der Waals surface area contributed by atoms with Crippen LogP contribution >= 0.6 is 0 Å². The number of carbonyl (C=O) groups excluding carboxylic acids is 1. The van der Waals surface area contributed by atoms with Gasteiger partial charge in [-0.1, -0.05) is 32.1 Å². The second kappa shape index (κ2) is 7.87. The van der Waals surface area contributed by atoms with Gasteiger partial charge in [0, 0.05) is 12.6 Å². The standard InChI is InChI=1S/C16H31N3O/c1-18-12-14(11-13-7-3-2-4-8-13)15-9-5-6-10-19(15)16(17)20/h13-15,18H,2-12H2,1H3,(H2,17,20)/t14-,15?/m0/s1. The first kappa shape index (κ1) is 15.6. The summed E-state index contributed by atoms with van der Waals surface area (Å²) in [5, 5.41) is 3.34. The van der Waals surface area contributed by atoms with E-state index >= 15 is 0 Å². The van der Waals surface area contributed by atoms with E-state index in [4.69, 9.17) is 5.73 Å². The van der Waals surface area contributed by atoms with Crippen LogP contribution in [-0.2, 0) is 0 Å². The van der Waals surface area contributed by atoms with Crippen LogP contribution in [-0.4, -0.2) is 37.1 Å². The molecule has 0 bridgehead atoms. The van der Waals surface area contributed by atoms with Crippen LogP contribution < -0.4 is 11.1 Å². The number of nitrogens with zero attached hydrogens (tertiary/aromatic N) is 1. The molecule has 2 aliphatic rings. The van der Waals surface area contributed by atoms with Crippen molar-refractivity contribution in [3.8, 4) is 0 Å². The van der Waals surface area contributed by atoms with Crippen LogP contribution in [0.25, 0.3) is 0 Å². The molecule has 1 heterocycles. The molecule has 4 nitrogen and oxygen atoms in total. The van der Waals surface area contributed by atoms with Gasteiger partial charge in [0.05, 0.1) is 0 Å². The first-order valence-corrected chi connectivity index (χ1v) is 8.43. The summed E-state index contributed by atoms with van der Waals surface area (Å²) in [6.07, 6.45) is 11.7. The summed E-state index contributed by atoms with van der Waals surface area (Å²) in [6.45, 7) is 1.86. The first-order chi connectivity index (χ1) is 9.72. The van der Waals surface area contributed by atoms with Crippen LogP contribution in [0.5, 0.6) is 0 Å². The molecule has 0 aromatic carbocycles. The lowest BCUT2D eigenvalue weighted by Gasteiger charge is -2.41. The number of piperidine rings is 1. The predicted molar refractivity (Wildman–Crippen MR) is 82.5 cm³/mol. The Kier molecular flexibility index (Phi) is 6.14. The maximum Gasteiger partial charge on any atom is 0.315 e. The largest absolute Gasteiger partial charge is 0.351 e. The Morgan fingerprint density at radius 2 is 1.90 bits per heavy atom. The van der Waals surface area contributed by atoms with Crippen molar-refractivity contribution in [3.05, 3.63) is 0 Å². The molecule has 2 fully saturated rings. The van der Waals surface area contributed by atoms with Crippen molar-refractivity contribution in [2.75, 3.05) is 20.1 Å². The second-order valence-corrected chi connectivity index (χ2v) is 6.65. The van der Waals surface area contributed by atoms with E-state index in [0.29, 0.717) is 12.0 Å². The SMILES string of the molecule is CNC[C@H](CC1CCCCC1)C1CCCCN1C(N)=O. The summed E-state index contributed by atoms with van der Waals surface area (Å²) >= 11 is 0. The highest BCUT2D eigenvalue weighted by atomic mass is 16.2. The minimum absolute atomic E-state index is 0.223. The van der Waals surface area contributed by atoms with Crippen LogP contribution in [0, 0.1) is 11.8 Å². The number of amides is 2. The number of urea groups is 1. The molecule has 0 aromatic heterocycles. The molecule has 1 saturated heterocycles. The Morgan fingerprint density at radius 3 is 2.55 bits per heavy atom. The molecule has 2 amide bonds. The summed E-state index contributed by atoms with van der Waals surface area (Å²) in [5.41, 5.74) is 5.59. The first-order valence-electron chi connectivity index (χ1n) is 8.43. The number of rotatable bonds is 5. The zero-order valence-corrected chi connectivity index (χ0v) is 12.9. The molecule has 116 valence electrons. The third-order valence-corrected chi connectivity index (χ3v) is 5.20. The molecule has 20 heavy (non-hydrogen) atoms. The highest BCUT2D eigenvalue weighted by Gasteiger charge is 2.33. The molecule has 1 saturated carbocycles. The quantitative estimate of drug-likeness (QED) is 0.814. The predicted octanol–water partition coefficient (Wildman–Crippen LogP) is 2.73. The van der Waals surface area contributed by atoms with Crippen molar-refractivity contribution < 1.29 is 4.79 Å². The molecule has 1 unspecified atom stereocenters. The van der Waals surface area contributed by atoms with Crippen molar-refractivity contribution in [3.63, 3.8) is 0 Å². The molecule has 0 aromatic rings. The average Bonchev–Trinajstić information content (AvgIpc) is 2.48. The Bertz CT molecular complexity index is 302. The van der Waals surface area contributed by atoms with Crippen LogP contribution in [0.15, 0.2) is 0 Å². The fourth-order valence-corrected chi connectivity index (χ4v) is 4.21. The van der Waals surface area contributed by atoms with Crippen LogP contribution in [0.3, 0.4) is 0 Å². The number of nitrogens with two attached hydrogens (primary N) is 1. The van der Waals surface area contributed by atoms with Crippen LogP contribution in [0.4, 0.5) is 4.79 Å². The van der Waals surface area contributed by atoms with Gasteiger partial charge in [0.25, 0.3) is 0 Å². The third-order valence-electron chi connectivity index (χ3n) is 5.20. The van der Waals surface area contributed by atoms with Gasteiger partial charge in [0.15, 0.2) is 0 Å². The average molecular weight is 281 g/mol. The molecule has 2 rings (SSSR count). The van der Waals surface area contributed by atoms with E-state index in [0.717, 1.165) is 31.8 Å². The number of nitrogens with one attached hydrogen (secondary N) is 1. The van der Waals surface area contributed by atoms with E-state index < -0.39 is 0 Å². The number of primary amides is 1. The van der Waals surface area contributed by atoms with Crippen molar-refractivity contribution in [1.29, 1.82) is 0 Å². The Labute approximate surface area is 123 Å². The fourth-order valence-electron chi connectivity index (χ4n) is 4.21. The number of hydrogen-bond donors (Lipinski definition) is 2. The highest BCUT2D eigenvalue weighted by molar-refractivity contribution is 5.72. The molecule has 2 atom stereocenters. The zero-order chi connectivity index (χ0) is 14.4. The number of likely N-dealkylation sites (tertiary alicyclic amines) is 1. The summed E-state index contributed by atoms with van der Waals surface area (Å²) < 4.78 is 0. The Balaban J connectivity index is 1.99. The van der Waals surface area contributed by atoms with Crippen molar-refractivity contribution in [1.82, 2.24) is 10.2 Å². The normalized spacial score (nSPS) is 26.4. The highest BCUT2D eigenvalue weighted by Crippen LogP contribution is 2.33. The van der Waals surface area contributed by atoms with Gasteiger partial charge in [-0.05, 0) is 51.1 Å². The van der Waals surface area contributed by atoms with E-state index in [1.807, 2.05) is 11.9 Å². The fraction of sp³-hybridized carbons (Fsp3) is 0.938. The summed E-state index contributed by atoms with van der Waals surface area (Å²) in [6, 6.07) is 0.134. The van der Waals surface area contributed by atoms with Crippen molar-refractivity contribution >= 4 is 6.03 Å². The Morgan fingerprint density at radius 1 is 1.20 bits per heavy atom. The van der Waals surface area contributed by atoms with Gasteiger partial charge in [-0.15, -0.1) is 0 Å². The van der Waals surface area contributed by atoms with Gasteiger partial charge in [-0.25, -0.2) is 4.79 Å². The maximum atomic E-state index is 11.7. The van der Waals surface area contributed by atoms with Crippen molar-refractivity contribution in [2.24, 2.45) is 17.6 Å². The lowest BCUT2D eigenvalue weighted by molar-refractivity contribution is 0.108. The van der Waals surface area contributed by atoms with E-state index in [-0.39, 0.29) is 6.03 Å². The van der Waals surface area contributed by atoms with Gasteiger partial charge in [-0.3, -0.25) is 0 Å². The zero-order valence-electron chi connectivity index (χ0n) is 12.9. The summed E-state index contributed by atoms with van der Waals surface area (Å²) in [5.74, 6) is 1.43. The van der Waals surface area contributed by atoms with Gasteiger partial charge in [0.1, 0.15) is 0 Å².